The summed E-state index contributed by atoms with van der Waals surface area (Å²) in [5, 5.41) is 27.7. The topological polar surface area (TPSA) is 155 Å². The first-order chi connectivity index (χ1) is 17.9. The fraction of sp³-hybridized carbons (Fsp3) is 0.409. The average Bonchev–Trinajstić information content (AvgIpc) is 3.51. The summed E-state index contributed by atoms with van der Waals surface area (Å²) in [6.07, 6.45) is -13.0. The molecule has 0 radical (unpaired) electrons. The number of alkyl halides is 6. The van der Waals surface area contributed by atoms with Gasteiger partial charge in [-0.25, -0.2) is 4.79 Å². The zero-order valence-corrected chi connectivity index (χ0v) is 20.4. The summed E-state index contributed by atoms with van der Waals surface area (Å²) >= 11 is 0. The van der Waals surface area contributed by atoms with Crippen molar-refractivity contribution in [3.05, 3.63) is 47.5 Å². The minimum absolute atomic E-state index is 0.0458. The van der Waals surface area contributed by atoms with E-state index in [0.29, 0.717) is 12.1 Å². The van der Waals surface area contributed by atoms with E-state index >= 15 is 0 Å². The highest BCUT2D eigenvalue weighted by Crippen LogP contribution is 2.40. The number of carbonyl (C=O) groups is 2. The number of aliphatic hydroxyl groups is 1. The number of hydrogen-bond acceptors (Lipinski definition) is 8. The first-order valence-electron chi connectivity index (χ1n) is 11.0. The molecule has 0 fully saturated rings. The van der Waals surface area contributed by atoms with Gasteiger partial charge in [-0.05, 0) is 18.2 Å². The van der Waals surface area contributed by atoms with Crippen LogP contribution in [0.2, 0.25) is 0 Å². The predicted octanol–water partition coefficient (Wildman–Crippen LogP) is 4.31. The molecule has 0 bridgehead atoms. The number of rotatable bonds is 7. The standard InChI is InChI=1S/C22H22F6N6O5/c1-20(2,3)15(38-19(37)29-9-13(35)16(36)31-14-4-5-30-32-14)18-34-33-17(39-18)10-6-11(21(23,24)25)8-12(7-10)22(26,27)28/h4-8,13,15,35H,9H2,1-3H3,(H,29,37)(H2,30,31,32,36). The number of aromatic nitrogens is 4. The number of benzene rings is 1. The van der Waals surface area contributed by atoms with Gasteiger partial charge in [-0.2, -0.15) is 31.4 Å². The summed E-state index contributed by atoms with van der Waals surface area (Å²) < 4.78 is 89.9. The lowest BCUT2D eigenvalue weighted by molar-refractivity contribution is -0.143. The van der Waals surface area contributed by atoms with Crippen molar-refractivity contribution in [2.45, 2.75) is 45.3 Å². The maximum absolute atomic E-state index is 13.2. The molecule has 2 unspecified atom stereocenters. The zero-order chi connectivity index (χ0) is 29.2. The predicted molar refractivity (Wildman–Crippen MR) is 120 cm³/mol. The highest BCUT2D eigenvalue weighted by molar-refractivity contribution is 5.93. The minimum Gasteiger partial charge on any atom is -0.436 e. The Hall–Kier alpha value is -4.15. The number of nitrogens with one attached hydrogen (secondary N) is 3. The lowest BCUT2D eigenvalue weighted by Gasteiger charge is -2.27. The number of hydrogen-bond donors (Lipinski definition) is 4. The molecule has 11 nitrogen and oxygen atoms in total. The van der Waals surface area contributed by atoms with E-state index in [1.54, 1.807) is 20.8 Å². The molecule has 0 aliphatic rings. The van der Waals surface area contributed by atoms with Crippen molar-refractivity contribution in [3.63, 3.8) is 0 Å². The summed E-state index contributed by atoms with van der Waals surface area (Å²) in [5.74, 6) is -1.76. The van der Waals surface area contributed by atoms with Gasteiger partial charge in [0.25, 0.3) is 11.8 Å². The van der Waals surface area contributed by atoms with Crippen molar-refractivity contribution in [3.8, 4) is 11.5 Å². The van der Waals surface area contributed by atoms with Gasteiger partial charge in [0, 0.05) is 17.0 Å². The molecular weight excluding hydrogens is 542 g/mol. The van der Waals surface area contributed by atoms with Gasteiger partial charge in [0.15, 0.2) is 12.2 Å². The normalized spacial score (nSPS) is 14.0. The lowest BCUT2D eigenvalue weighted by Crippen LogP contribution is -2.40. The SMILES string of the molecule is CC(C)(C)C(OC(=O)NCC(O)C(=O)Nc1ccn[nH]1)c1nnc(-c2cc(C(F)(F)F)cc(C(F)(F)F)c2)o1. The molecule has 17 heteroatoms. The first-order valence-corrected chi connectivity index (χ1v) is 11.0. The van der Waals surface area contributed by atoms with Crippen LogP contribution in [0.3, 0.4) is 0 Å². The fourth-order valence-electron chi connectivity index (χ4n) is 3.10. The largest absolute Gasteiger partial charge is 0.436 e. The maximum Gasteiger partial charge on any atom is 0.416 e. The third kappa shape index (κ3) is 7.68. The molecular formula is C22H22F6N6O5. The van der Waals surface area contributed by atoms with Crippen molar-refractivity contribution in [2.75, 3.05) is 11.9 Å². The maximum atomic E-state index is 13.2. The molecule has 2 atom stereocenters. The molecule has 0 spiro atoms. The second kappa shape index (κ2) is 10.9. The zero-order valence-electron chi connectivity index (χ0n) is 20.4. The van der Waals surface area contributed by atoms with Crippen LogP contribution in [0.5, 0.6) is 0 Å². The van der Waals surface area contributed by atoms with E-state index in [-0.39, 0.29) is 11.9 Å². The average molecular weight is 564 g/mol. The molecule has 4 N–H and O–H groups in total. The van der Waals surface area contributed by atoms with Crippen LogP contribution in [0.15, 0.2) is 34.9 Å². The number of aliphatic hydroxyl groups excluding tert-OH is 1. The van der Waals surface area contributed by atoms with Gasteiger partial charge in [-0.3, -0.25) is 9.89 Å². The molecule has 3 aromatic rings. The molecule has 1 aromatic carbocycles. The van der Waals surface area contributed by atoms with Crippen molar-refractivity contribution in [1.82, 2.24) is 25.7 Å². The Morgan fingerprint density at radius 1 is 1.05 bits per heavy atom. The van der Waals surface area contributed by atoms with Crippen molar-refractivity contribution in [1.29, 1.82) is 0 Å². The number of H-pyrrole nitrogens is 1. The second-order valence-electron chi connectivity index (χ2n) is 9.25. The molecule has 212 valence electrons. The summed E-state index contributed by atoms with van der Waals surface area (Å²) in [7, 11) is 0. The van der Waals surface area contributed by atoms with Crippen molar-refractivity contribution < 1.29 is 50.2 Å². The number of amides is 2. The third-order valence-corrected chi connectivity index (χ3v) is 5.01. The van der Waals surface area contributed by atoms with Crippen LogP contribution in [-0.4, -0.2) is 50.2 Å². The minimum atomic E-state index is -5.09. The van der Waals surface area contributed by atoms with E-state index < -0.39 is 77.0 Å². The van der Waals surface area contributed by atoms with Gasteiger partial charge < -0.3 is 24.9 Å². The molecule has 0 saturated carbocycles. The molecule has 2 amide bonds. The number of anilines is 1. The van der Waals surface area contributed by atoms with Crippen LogP contribution in [0, 0.1) is 5.41 Å². The Balaban J connectivity index is 1.77. The lowest BCUT2D eigenvalue weighted by atomic mass is 9.89. The van der Waals surface area contributed by atoms with Gasteiger partial charge in [-0.15, -0.1) is 10.2 Å². The van der Waals surface area contributed by atoms with Gasteiger partial charge in [-0.1, -0.05) is 20.8 Å². The van der Waals surface area contributed by atoms with E-state index in [4.69, 9.17) is 9.15 Å². The van der Waals surface area contributed by atoms with Gasteiger partial charge in [0.05, 0.1) is 23.9 Å². The Labute approximate surface area is 215 Å². The number of aromatic amines is 1. The molecule has 39 heavy (non-hydrogen) atoms. The number of carbonyl (C=O) groups excluding carboxylic acids is 2. The summed E-state index contributed by atoms with van der Waals surface area (Å²) in [6.45, 7) is 4.16. The van der Waals surface area contributed by atoms with E-state index in [9.17, 15) is 41.0 Å². The number of halogens is 6. The molecule has 2 aromatic heterocycles. The smallest absolute Gasteiger partial charge is 0.416 e. The highest BCUT2D eigenvalue weighted by Gasteiger charge is 2.39. The van der Waals surface area contributed by atoms with E-state index in [0.717, 1.165) is 0 Å². The summed E-state index contributed by atoms with van der Waals surface area (Å²) in [4.78, 5) is 24.3. The quantitative estimate of drug-likeness (QED) is 0.310. The van der Waals surface area contributed by atoms with E-state index in [1.165, 1.54) is 12.3 Å². The Morgan fingerprint density at radius 2 is 1.67 bits per heavy atom. The molecule has 0 aliphatic heterocycles. The fourth-order valence-corrected chi connectivity index (χ4v) is 3.10. The number of ether oxygens (including phenoxy) is 1. The number of alkyl carbamates (subject to hydrolysis) is 1. The monoisotopic (exact) mass is 564 g/mol. The van der Waals surface area contributed by atoms with Gasteiger partial charge in [0.2, 0.25) is 5.89 Å². The highest BCUT2D eigenvalue weighted by atomic mass is 19.4. The van der Waals surface area contributed by atoms with Crippen LogP contribution >= 0.6 is 0 Å². The molecule has 3 rings (SSSR count). The Morgan fingerprint density at radius 3 is 2.18 bits per heavy atom. The van der Waals surface area contributed by atoms with Crippen LogP contribution in [0.4, 0.5) is 37.0 Å². The second-order valence-corrected chi connectivity index (χ2v) is 9.25. The van der Waals surface area contributed by atoms with Crippen LogP contribution in [0.25, 0.3) is 11.5 Å². The third-order valence-electron chi connectivity index (χ3n) is 5.01. The number of nitrogens with zero attached hydrogens (tertiary/aromatic N) is 3. The van der Waals surface area contributed by atoms with Crippen LogP contribution in [0.1, 0.15) is 43.9 Å². The molecule has 0 saturated heterocycles. The summed E-state index contributed by atoms with van der Waals surface area (Å²) in [5.41, 5.74) is -4.77. The van der Waals surface area contributed by atoms with E-state index in [1.807, 2.05) is 0 Å². The van der Waals surface area contributed by atoms with Gasteiger partial charge in [0.1, 0.15) is 5.82 Å². The summed E-state index contributed by atoms with van der Waals surface area (Å²) in [6, 6.07) is 2.21. The van der Waals surface area contributed by atoms with Crippen molar-refractivity contribution >= 4 is 17.8 Å². The van der Waals surface area contributed by atoms with Crippen LogP contribution in [-0.2, 0) is 21.9 Å². The Bertz CT molecular complexity index is 1270. The van der Waals surface area contributed by atoms with E-state index in [2.05, 4.69) is 31.0 Å². The molecule has 0 aliphatic carbocycles. The van der Waals surface area contributed by atoms with Crippen molar-refractivity contribution in [2.24, 2.45) is 5.41 Å². The Kier molecular flexibility index (Phi) is 8.23. The van der Waals surface area contributed by atoms with Gasteiger partial charge >= 0.3 is 18.4 Å². The first kappa shape index (κ1) is 29.4. The molecule has 2 heterocycles. The van der Waals surface area contributed by atoms with Crippen LogP contribution < -0.4 is 10.6 Å².